The topological polar surface area (TPSA) is 198 Å². The number of Topliss-reactive ketones (excluding diaryl/α,β-unsaturated/α-hetero) is 2. The number of methoxy groups -OCH3 is 2. The van der Waals surface area contributed by atoms with Crippen molar-refractivity contribution in [1.82, 2.24) is 4.90 Å². The Morgan fingerprint density at radius 3 is 2.30 bits per heavy atom. The van der Waals surface area contributed by atoms with Crippen LogP contribution >= 0.6 is 0 Å². The van der Waals surface area contributed by atoms with Gasteiger partial charge >= 0.3 is 5.97 Å². The van der Waals surface area contributed by atoms with Crippen LogP contribution < -0.4 is 10.6 Å². The number of ether oxygens (including phenoxy) is 4. The molecule has 1 saturated carbocycles. The number of amides is 1. The Hall–Kier alpha value is -4.02. The number of rotatable bonds is 7. The summed E-state index contributed by atoms with van der Waals surface area (Å²) in [5.74, 6) is -6.32. The largest absolute Gasteiger partial charge is 0.461 e. The maximum atomic E-state index is 14.5. The molecule has 1 aromatic carbocycles. The number of esters is 1. The van der Waals surface area contributed by atoms with Gasteiger partial charge in [-0.3, -0.25) is 14.4 Å². The zero-order valence-electron chi connectivity index (χ0n) is 43.4. The molecule has 0 aromatic heterocycles. The zero-order chi connectivity index (χ0) is 51.3. The van der Waals surface area contributed by atoms with E-state index in [1.165, 1.54) is 12.0 Å². The van der Waals surface area contributed by atoms with E-state index in [-0.39, 0.29) is 48.6 Å². The van der Waals surface area contributed by atoms with Crippen molar-refractivity contribution in [2.75, 3.05) is 32.7 Å². The number of carbonyl (C=O) groups is 4. The molecule has 1 amide bonds. The average Bonchev–Trinajstić information content (AvgIpc) is 3.35. The molecule has 1 aromatic rings. The SMILES string of the molecule is COC1CC(C[C@@H](C)[C@@H]2CC[C@H](N)/C=C(\C)C(O)[C@@H](OC)C(=O)C(C)C[C@H](C)/C=C/C=C/C=C(\C)[C@H](N(C)c3ccccc3)C[C@@H]3CCC(C)C(O)(O3)C(=O)C(=O)N3CCCCC3C(=O)O2)CC[C@H]1O. The predicted octanol–water partition coefficient (Wildman–Crippen LogP) is 7.18. The molecule has 14 nitrogen and oxygen atoms in total. The number of carbonyl (C=O) groups excluding carboxylic acids is 4. The van der Waals surface area contributed by atoms with Gasteiger partial charge in [-0.2, -0.15) is 0 Å². The van der Waals surface area contributed by atoms with Crippen molar-refractivity contribution < 1.29 is 53.4 Å². The number of para-hydroxylation sites is 1. The van der Waals surface area contributed by atoms with Crippen molar-refractivity contribution in [2.24, 2.45) is 35.3 Å². The molecule has 2 saturated heterocycles. The first-order valence-corrected chi connectivity index (χ1v) is 25.9. The highest BCUT2D eigenvalue weighted by Gasteiger charge is 2.53. The normalized spacial score (nSPS) is 38.2. The van der Waals surface area contributed by atoms with Crippen LogP contribution in [0.4, 0.5) is 5.69 Å². The van der Waals surface area contributed by atoms with Crippen LogP contribution in [0.2, 0.25) is 0 Å². The number of aliphatic hydroxyl groups is 3. The van der Waals surface area contributed by atoms with Crippen molar-refractivity contribution in [3.63, 3.8) is 0 Å². The van der Waals surface area contributed by atoms with Crippen LogP contribution in [-0.2, 0) is 38.1 Å². The van der Waals surface area contributed by atoms with Crippen molar-refractivity contribution in [2.45, 2.75) is 186 Å². The summed E-state index contributed by atoms with van der Waals surface area (Å²) in [5.41, 5.74) is 9.18. The van der Waals surface area contributed by atoms with Crippen LogP contribution in [0, 0.1) is 29.6 Å². The lowest BCUT2D eigenvalue weighted by molar-refractivity contribution is -0.263. The van der Waals surface area contributed by atoms with E-state index in [1.807, 2.05) is 95.5 Å². The van der Waals surface area contributed by atoms with E-state index in [1.54, 1.807) is 27.0 Å². The highest BCUT2D eigenvalue weighted by molar-refractivity contribution is 6.39. The van der Waals surface area contributed by atoms with E-state index >= 15 is 0 Å². The molecule has 14 heteroatoms. The summed E-state index contributed by atoms with van der Waals surface area (Å²) in [4.78, 5) is 60.7. The van der Waals surface area contributed by atoms with Crippen LogP contribution in [0.5, 0.6) is 0 Å². The van der Waals surface area contributed by atoms with Gasteiger partial charge in [0.2, 0.25) is 5.79 Å². The minimum absolute atomic E-state index is 0.0388. The molecule has 4 aliphatic rings. The second kappa shape index (κ2) is 26.6. The molecule has 3 heterocycles. The number of benzene rings is 1. The van der Waals surface area contributed by atoms with Crippen LogP contribution in [0.25, 0.3) is 0 Å². The molecule has 3 aliphatic heterocycles. The Morgan fingerprint density at radius 2 is 1.60 bits per heavy atom. The lowest BCUT2D eigenvalue weighted by atomic mass is 9.78. The number of ketones is 2. The molecular weight excluding hydrogens is 891 g/mol. The fraction of sp³-hybridized carbons (Fsp3) is 0.679. The number of cyclic esters (lactones) is 1. The van der Waals surface area contributed by atoms with E-state index in [9.17, 15) is 34.5 Å². The first-order chi connectivity index (χ1) is 33.3. The predicted molar refractivity (Wildman–Crippen MR) is 271 cm³/mol. The summed E-state index contributed by atoms with van der Waals surface area (Å²) in [6.07, 6.45) is 14.1. The lowest BCUT2D eigenvalue weighted by Crippen LogP contribution is -2.61. The Balaban J connectivity index is 1.49. The monoisotopic (exact) mass is 976 g/mol. The molecule has 390 valence electrons. The first kappa shape index (κ1) is 56.9. The van der Waals surface area contributed by atoms with Gasteiger partial charge in [0.25, 0.3) is 11.7 Å². The Kier molecular flexibility index (Phi) is 21.6. The van der Waals surface area contributed by atoms with Crippen molar-refractivity contribution in [3.05, 3.63) is 77.9 Å². The second-order valence-electron chi connectivity index (χ2n) is 21.1. The van der Waals surface area contributed by atoms with Gasteiger partial charge in [0.1, 0.15) is 24.4 Å². The summed E-state index contributed by atoms with van der Waals surface area (Å²) in [7, 11) is 5.02. The Morgan fingerprint density at radius 1 is 0.871 bits per heavy atom. The molecular formula is C56H85N3O11. The number of nitrogens with zero attached hydrogens (tertiary/aromatic N) is 2. The molecule has 1 aliphatic carbocycles. The van der Waals surface area contributed by atoms with E-state index in [0.29, 0.717) is 76.2 Å². The maximum absolute atomic E-state index is 14.5. The van der Waals surface area contributed by atoms with Crippen LogP contribution in [0.1, 0.15) is 125 Å². The Bertz CT molecular complexity index is 2010. The third kappa shape index (κ3) is 14.8. The van der Waals surface area contributed by atoms with Gasteiger partial charge < -0.3 is 49.8 Å². The molecule has 0 radical (unpaired) electrons. The van der Waals surface area contributed by atoms with Crippen LogP contribution in [-0.4, -0.2) is 132 Å². The van der Waals surface area contributed by atoms with E-state index in [0.717, 1.165) is 17.7 Å². The average molecular weight is 976 g/mol. The van der Waals surface area contributed by atoms with E-state index < -0.39 is 77.9 Å². The highest BCUT2D eigenvalue weighted by atomic mass is 16.6. The van der Waals surface area contributed by atoms with Crippen molar-refractivity contribution in [1.29, 1.82) is 0 Å². The third-order valence-electron chi connectivity index (χ3n) is 15.7. The summed E-state index contributed by atoms with van der Waals surface area (Å²) < 4.78 is 24.0. The smallest absolute Gasteiger partial charge is 0.329 e. The van der Waals surface area contributed by atoms with Gasteiger partial charge in [-0.25, -0.2) is 4.79 Å². The van der Waals surface area contributed by atoms with Gasteiger partial charge in [-0.1, -0.05) is 87.9 Å². The summed E-state index contributed by atoms with van der Waals surface area (Å²) in [5, 5.41) is 34.2. The van der Waals surface area contributed by atoms with E-state index in [2.05, 4.69) is 4.90 Å². The number of anilines is 1. The first-order valence-electron chi connectivity index (χ1n) is 25.9. The maximum Gasteiger partial charge on any atom is 0.329 e. The fourth-order valence-electron chi connectivity index (χ4n) is 11.2. The van der Waals surface area contributed by atoms with Gasteiger partial charge in [0.05, 0.1) is 24.4 Å². The molecule has 70 heavy (non-hydrogen) atoms. The quantitative estimate of drug-likeness (QED) is 0.122. The number of allylic oxidation sites excluding steroid dienone is 5. The van der Waals surface area contributed by atoms with Gasteiger partial charge in [0, 0.05) is 51.4 Å². The molecule has 15 atom stereocenters. The Labute approximate surface area is 417 Å². The fourth-order valence-corrected chi connectivity index (χ4v) is 11.2. The van der Waals surface area contributed by atoms with Crippen molar-refractivity contribution >= 4 is 29.1 Å². The number of piperidine rings is 1. The minimum atomic E-state index is -2.41. The minimum Gasteiger partial charge on any atom is -0.461 e. The number of likely N-dealkylation sites (N-methyl/N-ethyl adjacent to an activating group) is 1. The number of hydrogen-bond acceptors (Lipinski definition) is 13. The third-order valence-corrected chi connectivity index (χ3v) is 15.7. The second-order valence-corrected chi connectivity index (χ2v) is 21.1. The van der Waals surface area contributed by atoms with Gasteiger partial charge in [-0.05, 0) is 133 Å². The molecule has 0 spiro atoms. The number of nitrogens with two attached hydrogens (primary N) is 1. The summed E-state index contributed by atoms with van der Waals surface area (Å²) in [6, 6.07) is 8.08. The number of hydrogen-bond donors (Lipinski definition) is 4. The zero-order valence-corrected chi connectivity index (χ0v) is 43.4. The standard InChI is InChI=1S/C56H85N3O11/c1-35-18-12-10-13-19-36(2)46(58(7)43-20-14-11-15-21-43)34-44-26-23-40(6)56(66,70-44)53(63)54(64)59-29-17-16-22-45(59)55(65)69-48(37(3)31-41-24-27-47(60)49(33-41)67-8)28-25-42(57)32-39(5)51(62)52(68-9)50(61)38(4)30-35/h10-15,18-21,32,35,37-38,40-42,44-49,51-52,60,62,66H,16-17,22-31,33-34,57H2,1-9H3/b13-10+,18-12+,36-19+,39-32+/t35-,37-,38?,40?,41?,42+,44+,45?,46-,47-,48+,49?,51?,52+,56?/m1/s1. The molecule has 2 bridgehead atoms. The number of aliphatic hydroxyl groups excluding tert-OH is 2. The summed E-state index contributed by atoms with van der Waals surface area (Å²) in [6.45, 7) is 11.5. The van der Waals surface area contributed by atoms with Crippen LogP contribution in [0.3, 0.4) is 0 Å². The number of fused-ring (bicyclic) bond motifs is 3. The van der Waals surface area contributed by atoms with Gasteiger partial charge in [-0.15, -0.1) is 0 Å². The molecule has 5 rings (SSSR count). The molecule has 7 unspecified atom stereocenters. The highest BCUT2D eigenvalue weighted by Crippen LogP contribution is 2.38. The van der Waals surface area contributed by atoms with Crippen molar-refractivity contribution in [3.8, 4) is 0 Å². The van der Waals surface area contributed by atoms with Crippen LogP contribution in [0.15, 0.2) is 77.9 Å². The van der Waals surface area contributed by atoms with Gasteiger partial charge in [0.15, 0.2) is 5.78 Å². The molecule has 3 fully saturated rings. The lowest BCUT2D eigenvalue weighted by Gasteiger charge is -2.43. The molecule has 5 N–H and O–H groups in total. The van der Waals surface area contributed by atoms with E-state index in [4.69, 9.17) is 24.7 Å². The summed E-state index contributed by atoms with van der Waals surface area (Å²) >= 11 is 0.